The van der Waals surface area contributed by atoms with Crippen LogP contribution in [0.5, 0.6) is 0 Å². The molecule has 0 saturated carbocycles. The molecule has 20 heavy (non-hydrogen) atoms. The van der Waals surface area contributed by atoms with E-state index in [1.807, 2.05) is 18.2 Å². The Morgan fingerprint density at radius 3 is 2.60 bits per heavy atom. The Labute approximate surface area is 127 Å². The Morgan fingerprint density at radius 2 is 1.80 bits per heavy atom. The molecule has 0 radical (unpaired) electrons. The quantitative estimate of drug-likeness (QED) is 0.680. The summed E-state index contributed by atoms with van der Waals surface area (Å²) < 4.78 is 0. The van der Waals surface area contributed by atoms with Gasteiger partial charge in [-0.05, 0) is 29.8 Å². The fourth-order valence-electron chi connectivity index (χ4n) is 1.91. The Morgan fingerprint density at radius 1 is 0.950 bits per heavy atom. The highest BCUT2D eigenvalue weighted by atomic mass is 35.5. The molecule has 0 fully saturated rings. The zero-order valence-corrected chi connectivity index (χ0v) is 12.3. The summed E-state index contributed by atoms with van der Waals surface area (Å²) in [5.74, 6) is 0.798. The summed E-state index contributed by atoms with van der Waals surface area (Å²) in [6, 6.07) is 20.3. The van der Waals surface area contributed by atoms with Gasteiger partial charge in [0.2, 0.25) is 0 Å². The van der Waals surface area contributed by atoms with Crippen molar-refractivity contribution in [3.8, 4) is 10.4 Å². The first kappa shape index (κ1) is 13.2. The monoisotopic (exact) mass is 300 g/mol. The van der Waals surface area contributed by atoms with Gasteiger partial charge in [0.15, 0.2) is 0 Å². The number of pyridine rings is 1. The van der Waals surface area contributed by atoms with Crippen LogP contribution in [-0.4, -0.2) is 4.98 Å². The SMILES string of the molecule is Clc1cccc(NCc2ccc(-c3ccccc3)s2)n1. The van der Waals surface area contributed by atoms with Gasteiger partial charge in [0.1, 0.15) is 11.0 Å². The molecule has 2 nitrogen and oxygen atoms in total. The summed E-state index contributed by atoms with van der Waals surface area (Å²) in [4.78, 5) is 6.76. The van der Waals surface area contributed by atoms with Gasteiger partial charge >= 0.3 is 0 Å². The summed E-state index contributed by atoms with van der Waals surface area (Å²) in [5.41, 5.74) is 1.25. The molecule has 0 saturated heterocycles. The van der Waals surface area contributed by atoms with Gasteiger partial charge in [-0.15, -0.1) is 11.3 Å². The van der Waals surface area contributed by atoms with Crippen LogP contribution in [0.15, 0.2) is 60.7 Å². The van der Waals surface area contributed by atoms with E-state index in [-0.39, 0.29) is 0 Å². The van der Waals surface area contributed by atoms with E-state index in [4.69, 9.17) is 11.6 Å². The standard InChI is InChI=1S/C16H13ClN2S/c17-15-7-4-8-16(19-15)18-11-13-9-10-14(20-13)12-5-2-1-3-6-12/h1-10H,11H2,(H,18,19). The number of hydrogen-bond donors (Lipinski definition) is 1. The summed E-state index contributed by atoms with van der Waals surface area (Å²) >= 11 is 7.65. The van der Waals surface area contributed by atoms with Crippen LogP contribution < -0.4 is 5.32 Å². The van der Waals surface area contributed by atoms with Gasteiger partial charge in [0, 0.05) is 9.75 Å². The van der Waals surface area contributed by atoms with E-state index in [2.05, 4.69) is 46.7 Å². The Hall–Kier alpha value is -1.84. The predicted molar refractivity (Wildman–Crippen MR) is 86.3 cm³/mol. The van der Waals surface area contributed by atoms with E-state index in [0.29, 0.717) is 5.15 Å². The van der Waals surface area contributed by atoms with Crippen LogP contribution in [-0.2, 0) is 6.54 Å². The van der Waals surface area contributed by atoms with Crippen LogP contribution >= 0.6 is 22.9 Å². The van der Waals surface area contributed by atoms with Crippen LogP contribution in [0.25, 0.3) is 10.4 Å². The molecular weight excluding hydrogens is 288 g/mol. The van der Waals surface area contributed by atoms with Crippen molar-refractivity contribution < 1.29 is 0 Å². The van der Waals surface area contributed by atoms with Crippen LogP contribution in [0.3, 0.4) is 0 Å². The number of aromatic nitrogens is 1. The van der Waals surface area contributed by atoms with Crippen molar-refractivity contribution in [2.45, 2.75) is 6.54 Å². The molecule has 3 rings (SSSR count). The number of nitrogens with one attached hydrogen (secondary N) is 1. The van der Waals surface area contributed by atoms with Gasteiger partial charge in [-0.1, -0.05) is 48.0 Å². The number of hydrogen-bond acceptors (Lipinski definition) is 3. The molecule has 0 spiro atoms. The lowest BCUT2D eigenvalue weighted by Crippen LogP contribution is -1.99. The van der Waals surface area contributed by atoms with Crippen LogP contribution in [0.2, 0.25) is 5.15 Å². The number of benzene rings is 1. The molecule has 0 atom stereocenters. The number of anilines is 1. The Bertz CT molecular complexity index is 694. The van der Waals surface area contributed by atoms with Gasteiger partial charge in [0.05, 0.1) is 6.54 Å². The summed E-state index contributed by atoms with van der Waals surface area (Å²) in [7, 11) is 0. The number of thiophene rings is 1. The van der Waals surface area contributed by atoms with Crippen molar-refractivity contribution in [1.82, 2.24) is 4.98 Å². The van der Waals surface area contributed by atoms with Crippen molar-refractivity contribution in [2.24, 2.45) is 0 Å². The number of halogens is 1. The third-order valence-electron chi connectivity index (χ3n) is 2.88. The molecule has 0 unspecified atom stereocenters. The van der Waals surface area contributed by atoms with Gasteiger partial charge in [-0.2, -0.15) is 0 Å². The maximum Gasteiger partial charge on any atom is 0.131 e. The Balaban J connectivity index is 1.69. The minimum atomic E-state index is 0.506. The molecule has 2 heterocycles. The first-order valence-electron chi connectivity index (χ1n) is 6.32. The zero-order valence-electron chi connectivity index (χ0n) is 10.7. The van der Waals surface area contributed by atoms with Crippen molar-refractivity contribution >= 4 is 28.8 Å². The lowest BCUT2D eigenvalue weighted by molar-refractivity contribution is 1.14. The fourth-order valence-corrected chi connectivity index (χ4v) is 3.03. The lowest BCUT2D eigenvalue weighted by atomic mass is 10.2. The number of nitrogens with zero attached hydrogens (tertiary/aromatic N) is 1. The van der Waals surface area contributed by atoms with Crippen LogP contribution in [0.4, 0.5) is 5.82 Å². The van der Waals surface area contributed by atoms with Gasteiger partial charge in [-0.3, -0.25) is 0 Å². The molecule has 3 aromatic rings. The van der Waals surface area contributed by atoms with Crippen molar-refractivity contribution in [2.75, 3.05) is 5.32 Å². The van der Waals surface area contributed by atoms with Gasteiger partial charge < -0.3 is 5.32 Å². The minimum absolute atomic E-state index is 0.506. The smallest absolute Gasteiger partial charge is 0.131 e. The highest BCUT2D eigenvalue weighted by Crippen LogP contribution is 2.28. The molecule has 0 bridgehead atoms. The largest absolute Gasteiger partial charge is 0.365 e. The van der Waals surface area contributed by atoms with Crippen molar-refractivity contribution in [1.29, 1.82) is 0 Å². The van der Waals surface area contributed by atoms with E-state index < -0.39 is 0 Å². The predicted octanol–water partition coefficient (Wildman–Crippen LogP) is 5.08. The molecule has 4 heteroatoms. The zero-order chi connectivity index (χ0) is 13.8. The minimum Gasteiger partial charge on any atom is -0.365 e. The maximum atomic E-state index is 5.86. The first-order valence-corrected chi connectivity index (χ1v) is 7.51. The molecule has 1 N–H and O–H groups in total. The molecule has 0 aliphatic rings. The normalized spacial score (nSPS) is 10.4. The van der Waals surface area contributed by atoms with E-state index >= 15 is 0 Å². The van der Waals surface area contributed by atoms with Crippen LogP contribution in [0, 0.1) is 0 Å². The summed E-state index contributed by atoms with van der Waals surface area (Å²) in [5, 5.41) is 3.79. The maximum absolute atomic E-state index is 5.86. The number of rotatable bonds is 4. The Kier molecular flexibility index (Phi) is 4.00. The second kappa shape index (κ2) is 6.07. The summed E-state index contributed by atoms with van der Waals surface area (Å²) in [6.45, 7) is 0.755. The second-order valence-corrected chi connectivity index (χ2v) is 5.89. The highest BCUT2D eigenvalue weighted by molar-refractivity contribution is 7.15. The highest BCUT2D eigenvalue weighted by Gasteiger charge is 2.03. The fraction of sp³-hybridized carbons (Fsp3) is 0.0625. The second-order valence-electron chi connectivity index (χ2n) is 4.33. The molecule has 1 aromatic carbocycles. The van der Waals surface area contributed by atoms with Gasteiger partial charge in [-0.25, -0.2) is 4.98 Å². The molecular formula is C16H13ClN2S. The molecule has 2 aromatic heterocycles. The average Bonchev–Trinajstić information content (AvgIpc) is 2.95. The van der Waals surface area contributed by atoms with Crippen molar-refractivity contribution in [3.63, 3.8) is 0 Å². The van der Waals surface area contributed by atoms with E-state index in [1.54, 1.807) is 17.4 Å². The average molecular weight is 301 g/mol. The lowest BCUT2D eigenvalue weighted by Gasteiger charge is -2.03. The molecule has 0 aliphatic heterocycles. The summed E-state index contributed by atoms with van der Waals surface area (Å²) in [6.07, 6.45) is 0. The first-order chi connectivity index (χ1) is 9.81. The molecule has 0 amide bonds. The van der Waals surface area contributed by atoms with Crippen LogP contribution in [0.1, 0.15) is 4.88 Å². The van der Waals surface area contributed by atoms with E-state index in [0.717, 1.165) is 12.4 Å². The van der Waals surface area contributed by atoms with Gasteiger partial charge in [0.25, 0.3) is 0 Å². The molecule has 0 aliphatic carbocycles. The van der Waals surface area contributed by atoms with E-state index in [1.165, 1.54) is 15.3 Å². The third-order valence-corrected chi connectivity index (χ3v) is 4.22. The molecule has 100 valence electrons. The topological polar surface area (TPSA) is 24.9 Å². The van der Waals surface area contributed by atoms with Crippen molar-refractivity contribution in [3.05, 3.63) is 70.7 Å². The van der Waals surface area contributed by atoms with E-state index in [9.17, 15) is 0 Å². The third kappa shape index (κ3) is 3.18.